The van der Waals surface area contributed by atoms with E-state index in [4.69, 9.17) is 27.9 Å². The highest BCUT2D eigenvalue weighted by Gasteiger charge is 2.12. The van der Waals surface area contributed by atoms with Crippen LogP contribution in [0.15, 0.2) is 18.2 Å². The Bertz CT molecular complexity index is 386. The minimum absolute atomic E-state index is 0.613. The predicted octanol–water partition coefficient (Wildman–Crippen LogP) is 3.01. The summed E-state index contributed by atoms with van der Waals surface area (Å²) in [4.78, 5) is 4.84. The van der Waals surface area contributed by atoms with Gasteiger partial charge >= 0.3 is 0 Å². The molecular weight excluding hydrogens is 283 g/mol. The van der Waals surface area contributed by atoms with Gasteiger partial charge in [0.2, 0.25) is 0 Å². The first kappa shape index (κ1) is 14.9. The highest BCUT2D eigenvalue weighted by molar-refractivity contribution is 6.34. The van der Waals surface area contributed by atoms with E-state index in [-0.39, 0.29) is 0 Å². The van der Waals surface area contributed by atoms with E-state index in [1.165, 1.54) is 0 Å². The molecule has 1 heterocycles. The Balaban J connectivity index is 1.66. The maximum absolute atomic E-state index is 5.92. The lowest BCUT2D eigenvalue weighted by Gasteiger charge is -2.32. The summed E-state index contributed by atoms with van der Waals surface area (Å²) in [5.74, 6) is 0.746. The normalized spacial score (nSPS) is 17.6. The van der Waals surface area contributed by atoms with Crippen LogP contribution in [0.3, 0.4) is 0 Å². The van der Waals surface area contributed by atoms with Crippen molar-refractivity contribution in [3.63, 3.8) is 0 Å². The molecule has 0 aliphatic carbocycles. The standard InChI is InChI=1S/C14H20Cl2N2O/c1-17-4-6-18(7-5-17)3-2-8-19-14-10-12(15)9-13(16)11-14/h9-11H,2-8H2,1H3. The van der Waals surface area contributed by atoms with E-state index in [0.717, 1.165) is 44.9 Å². The minimum Gasteiger partial charge on any atom is -0.493 e. The van der Waals surface area contributed by atoms with Gasteiger partial charge in [0, 0.05) is 42.8 Å². The van der Waals surface area contributed by atoms with Crippen molar-refractivity contribution >= 4 is 23.2 Å². The Morgan fingerprint density at radius 1 is 1.05 bits per heavy atom. The zero-order valence-electron chi connectivity index (χ0n) is 11.2. The number of hydrogen-bond donors (Lipinski definition) is 0. The van der Waals surface area contributed by atoms with Crippen LogP contribution >= 0.6 is 23.2 Å². The van der Waals surface area contributed by atoms with Crippen LogP contribution < -0.4 is 4.74 Å². The van der Waals surface area contributed by atoms with Crippen molar-refractivity contribution in [3.8, 4) is 5.75 Å². The molecule has 0 saturated carbocycles. The maximum atomic E-state index is 5.92. The van der Waals surface area contributed by atoms with Gasteiger partial charge in [0.15, 0.2) is 0 Å². The van der Waals surface area contributed by atoms with Gasteiger partial charge in [0.25, 0.3) is 0 Å². The third-order valence-electron chi connectivity index (χ3n) is 3.32. The summed E-state index contributed by atoms with van der Waals surface area (Å²) in [5, 5.41) is 1.23. The molecule has 1 aromatic rings. The van der Waals surface area contributed by atoms with Crippen LogP contribution in [0.5, 0.6) is 5.75 Å². The number of halogens is 2. The number of piperazine rings is 1. The summed E-state index contributed by atoms with van der Waals surface area (Å²) in [6.07, 6.45) is 1.02. The Morgan fingerprint density at radius 3 is 2.32 bits per heavy atom. The number of ether oxygens (including phenoxy) is 1. The summed E-state index contributed by atoms with van der Waals surface area (Å²) < 4.78 is 5.67. The molecule has 0 aromatic heterocycles. The quantitative estimate of drug-likeness (QED) is 0.778. The van der Waals surface area contributed by atoms with Crippen LogP contribution in [-0.4, -0.2) is 56.2 Å². The Labute approximate surface area is 125 Å². The van der Waals surface area contributed by atoms with Crippen molar-refractivity contribution in [3.05, 3.63) is 28.2 Å². The Morgan fingerprint density at radius 2 is 1.68 bits per heavy atom. The van der Waals surface area contributed by atoms with Crippen molar-refractivity contribution < 1.29 is 4.74 Å². The lowest BCUT2D eigenvalue weighted by Crippen LogP contribution is -2.44. The summed E-state index contributed by atoms with van der Waals surface area (Å²) in [5.41, 5.74) is 0. The largest absolute Gasteiger partial charge is 0.493 e. The first-order chi connectivity index (χ1) is 9.13. The number of likely N-dealkylation sites (N-methyl/N-ethyl adjacent to an activating group) is 1. The molecule has 19 heavy (non-hydrogen) atoms. The number of hydrogen-bond acceptors (Lipinski definition) is 3. The third-order valence-corrected chi connectivity index (χ3v) is 3.76. The monoisotopic (exact) mass is 302 g/mol. The van der Waals surface area contributed by atoms with Crippen molar-refractivity contribution in [2.24, 2.45) is 0 Å². The molecule has 1 fully saturated rings. The first-order valence-electron chi connectivity index (χ1n) is 6.63. The molecule has 1 aliphatic rings. The Hall–Kier alpha value is -0.480. The molecule has 0 amide bonds. The van der Waals surface area contributed by atoms with Crippen molar-refractivity contribution in [2.75, 3.05) is 46.4 Å². The molecule has 2 rings (SSSR count). The molecule has 0 N–H and O–H groups in total. The fourth-order valence-electron chi connectivity index (χ4n) is 2.16. The molecule has 1 aliphatic heterocycles. The minimum atomic E-state index is 0.613. The van der Waals surface area contributed by atoms with E-state index < -0.39 is 0 Å². The number of rotatable bonds is 5. The highest BCUT2D eigenvalue weighted by Crippen LogP contribution is 2.24. The second-order valence-corrected chi connectivity index (χ2v) is 5.82. The van der Waals surface area contributed by atoms with E-state index in [0.29, 0.717) is 16.7 Å². The first-order valence-corrected chi connectivity index (χ1v) is 7.39. The van der Waals surface area contributed by atoms with Gasteiger partial charge in [-0.1, -0.05) is 23.2 Å². The van der Waals surface area contributed by atoms with Gasteiger partial charge in [-0.25, -0.2) is 0 Å². The van der Waals surface area contributed by atoms with E-state index in [2.05, 4.69) is 16.8 Å². The van der Waals surface area contributed by atoms with Crippen molar-refractivity contribution in [1.82, 2.24) is 9.80 Å². The fraction of sp³-hybridized carbons (Fsp3) is 0.571. The molecule has 0 unspecified atom stereocenters. The topological polar surface area (TPSA) is 15.7 Å². The van der Waals surface area contributed by atoms with Crippen LogP contribution in [0.2, 0.25) is 10.0 Å². The van der Waals surface area contributed by atoms with Gasteiger partial charge in [-0.3, -0.25) is 0 Å². The third kappa shape index (κ3) is 5.19. The smallest absolute Gasteiger partial charge is 0.122 e. The lowest BCUT2D eigenvalue weighted by atomic mass is 10.3. The van der Waals surface area contributed by atoms with Gasteiger partial charge in [0.1, 0.15) is 5.75 Å². The number of benzene rings is 1. The zero-order chi connectivity index (χ0) is 13.7. The lowest BCUT2D eigenvalue weighted by molar-refractivity contribution is 0.145. The van der Waals surface area contributed by atoms with Crippen LogP contribution in [0.1, 0.15) is 6.42 Å². The van der Waals surface area contributed by atoms with Crippen LogP contribution in [0.4, 0.5) is 0 Å². The summed E-state index contributed by atoms with van der Waals surface area (Å²) in [6.45, 7) is 6.40. The SMILES string of the molecule is CN1CCN(CCCOc2cc(Cl)cc(Cl)c2)CC1. The molecule has 3 nitrogen and oxygen atoms in total. The molecule has 0 radical (unpaired) electrons. The van der Waals surface area contributed by atoms with Crippen LogP contribution in [0, 0.1) is 0 Å². The van der Waals surface area contributed by atoms with Gasteiger partial charge < -0.3 is 14.5 Å². The molecular formula is C14H20Cl2N2O. The maximum Gasteiger partial charge on any atom is 0.122 e. The Kier molecular flexibility index (Phi) is 5.76. The fourth-order valence-corrected chi connectivity index (χ4v) is 2.67. The van der Waals surface area contributed by atoms with E-state index in [1.54, 1.807) is 18.2 Å². The van der Waals surface area contributed by atoms with E-state index in [1.807, 2.05) is 0 Å². The molecule has 5 heteroatoms. The molecule has 0 atom stereocenters. The average molecular weight is 303 g/mol. The van der Waals surface area contributed by atoms with E-state index >= 15 is 0 Å². The van der Waals surface area contributed by atoms with Gasteiger partial charge in [-0.05, 0) is 31.7 Å². The van der Waals surface area contributed by atoms with Gasteiger partial charge in [-0.2, -0.15) is 0 Å². The molecule has 0 bridgehead atoms. The van der Waals surface area contributed by atoms with Gasteiger partial charge in [0.05, 0.1) is 6.61 Å². The zero-order valence-corrected chi connectivity index (χ0v) is 12.8. The summed E-state index contributed by atoms with van der Waals surface area (Å²) in [7, 11) is 2.17. The second-order valence-electron chi connectivity index (χ2n) is 4.95. The van der Waals surface area contributed by atoms with Crippen LogP contribution in [0.25, 0.3) is 0 Å². The number of nitrogens with zero attached hydrogens (tertiary/aromatic N) is 2. The average Bonchev–Trinajstić information content (AvgIpc) is 2.36. The predicted molar refractivity (Wildman–Crippen MR) is 80.5 cm³/mol. The summed E-state index contributed by atoms with van der Waals surface area (Å²) >= 11 is 11.8. The van der Waals surface area contributed by atoms with Crippen molar-refractivity contribution in [1.29, 1.82) is 0 Å². The van der Waals surface area contributed by atoms with Crippen molar-refractivity contribution in [2.45, 2.75) is 6.42 Å². The second kappa shape index (κ2) is 7.34. The molecule has 1 saturated heterocycles. The van der Waals surface area contributed by atoms with E-state index in [9.17, 15) is 0 Å². The molecule has 106 valence electrons. The highest BCUT2D eigenvalue weighted by atomic mass is 35.5. The molecule has 1 aromatic carbocycles. The molecule has 0 spiro atoms. The summed E-state index contributed by atoms with van der Waals surface area (Å²) in [6, 6.07) is 5.30. The van der Waals surface area contributed by atoms with Gasteiger partial charge in [-0.15, -0.1) is 0 Å². The van der Waals surface area contributed by atoms with Crippen LogP contribution in [-0.2, 0) is 0 Å².